The van der Waals surface area contributed by atoms with Gasteiger partial charge in [-0.05, 0) is 55.3 Å². The van der Waals surface area contributed by atoms with Crippen LogP contribution in [0.5, 0.6) is 0 Å². The highest BCUT2D eigenvalue weighted by Gasteiger charge is 2.43. The second-order valence-electron chi connectivity index (χ2n) is 9.63. The molecule has 0 spiro atoms. The second kappa shape index (κ2) is 8.98. The lowest BCUT2D eigenvalue weighted by atomic mass is 9.76. The van der Waals surface area contributed by atoms with Crippen LogP contribution in [-0.4, -0.2) is 38.7 Å². The smallest absolute Gasteiger partial charge is 0.377 e. The molecule has 2 unspecified atom stereocenters. The fourth-order valence-corrected chi connectivity index (χ4v) is 6.03. The minimum Gasteiger partial charge on any atom is -0.377 e. The lowest BCUT2D eigenvalue weighted by Crippen LogP contribution is -2.32. The molecule has 1 aromatic carbocycles. The minimum atomic E-state index is -4.60. The Morgan fingerprint density at radius 1 is 1.14 bits per heavy atom. The van der Waals surface area contributed by atoms with Crippen molar-refractivity contribution in [1.82, 2.24) is 19.7 Å². The first-order valence-corrected chi connectivity index (χ1v) is 12.8. The number of fused-ring (bicyclic) bond motifs is 1. The molecule has 2 aliphatic rings. The van der Waals surface area contributed by atoms with E-state index < -0.39 is 23.5 Å². The molecule has 0 amide bonds. The highest BCUT2D eigenvalue weighted by atomic mass is 32.1. The average molecular weight is 531 g/mol. The summed E-state index contributed by atoms with van der Waals surface area (Å²) in [4.78, 5) is 17.1. The van der Waals surface area contributed by atoms with E-state index in [0.717, 1.165) is 28.3 Å². The topological polar surface area (TPSA) is 69.9 Å². The lowest BCUT2D eigenvalue weighted by molar-refractivity contribution is -0.141. The zero-order valence-corrected chi connectivity index (χ0v) is 20.4. The third-order valence-corrected chi connectivity index (χ3v) is 8.28. The number of carbonyl (C=O) groups is 1. The predicted octanol–water partition coefficient (Wildman–Crippen LogP) is 6.38. The predicted molar refractivity (Wildman–Crippen MR) is 129 cm³/mol. The number of hydrogen-bond acceptors (Lipinski definition) is 6. The van der Waals surface area contributed by atoms with Gasteiger partial charge in [-0.25, -0.2) is 9.37 Å². The van der Waals surface area contributed by atoms with Crippen molar-refractivity contribution in [2.75, 3.05) is 13.2 Å². The molecule has 2 atom stereocenters. The zero-order valence-electron chi connectivity index (χ0n) is 19.5. The summed E-state index contributed by atoms with van der Waals surface area (Å²) >= 11 is 0.884. The largest absolute Gasteiger partial charge is 0.433 e. The lowest BCUT2D eigenvalue weighted by Gasteiger charge is -2.32. The van der Waals surface area contributed by atoms with E-state index in [1.54, 1.807) is 6.07 Å². The first-order chi connectivity index (χ1) is 17.7. The van der Waals surface area contributed by atoms with Crippen LogP contribution < -0.4 is 0 Å². The number of ether oxygens (including phenoxy) is 1. The monoisotopic (exact) mass is 530 g/mol. The molecular formula is C26H22F4N4O2S. The minimum absolute atomic E-state index is 0.0150. The fourth-order valence-electron chi connectivity index (χ4n) is 5.10. The molecule has 3 aromatic heterocycles. The van der Waals surface area contributed by atoms with Crippen LogP contribution in [-0.2, 0) is 16.6 Å². The number of aromatic nitrogens is 4. The van der Waals surface area contributed by atoms with Crippen molar-refractivity contribution >= 4 is 28.0 Å². The number of halogens is 4. The van der Waals surface area contributed by atoms with Crippen molar-refractivity contribution in [2.24, 2.45) is 5.92 Å². The summed E-state index contributed by atoms with van der Waals surface area (Å²) in [5.41, 5.74) is -1.47. The van der Waals surface area contributed by atoms with Gasteiger partial charge in [-0.3, -0.25) is 4.79 Å². The second-order valence-corrected chi connectivity index (χ2v) is 10.6. The number of hydrogen-bond donors (Lipinski definition) is 0. The van der Waals surface area contributed by atoms with Crippen molar-refractivity contribution < 1.29 is 27.1 Å². The normalized spacial score (nSPS) is 22.8. The number of nitrogens with zero attached hydrogens (tertiary/aromatic N) is 4. The van der Waals surface area contributed by atoms with E-state index in [0.29, 0.717) is 31.6 Å². The molecule has 2 fully saturated rings. The van der Waals surface area contributed by atoms with E-state index in [-0.39, 0.29) is 40.4 Å². The number of rotatable bonds is 5. The van der Waals surface area contributed by atoms with Crippen molar-refractivity contribution in [3.8, 4) is 10.7 Å². The molecule has 1 aliphatic carbocycles. The van der Waals surface area contributed by atoms with Crippen molar-refractivity contribution in [3.63, 3.8) is 0 Å². The molecular weight excluding hydrogens is 508 g/mol. The van der Waals surface area contributed by atoms with Gasteiger partial charge in [0.2, 0.25) is 0 Å². The van der Waals surface area contributed by atoms with Crippen LogP contribution >= 0.6 is 11.3 Å². The van der Waals surface area contributed by atoms with Gasteiger partial charge in [-0.2, -0.15) is 13.2 Å². The Hall–Kier alpha value is -3.18. The standard InChI is InChI=1S/C26H22F4N4O2S/c27-25(24-33-32-23(37-24)19-4-1-5-21(31-19)26(28,29)30)9-2-3-17(12-25)22(35)16-7-6-15-8-10-34(20(15)11-16)18-13-36-14-18/h1,4-8,10-11,17-18H,2-3,9,12-14H2. The number of alkyl halides is 4. The number of carbonyl (C=O) groups excluding carboxylic acids is 1. The van der Waals surface area contributed by atoms with Gasteiger partial charge in [0.1, 0.15) is 11.4 Å². The maximum Gasteiger partial charge on any atom is 0.433 e. The summed E-state index contributed by atoms with van der Waals surface area (Å²) < 4.78 is 62.8. The van der Waals surface area contributed by atoms with Crippen molar-refractivity contribution in [1.29, 1.82) is 0 Å². The number of ketones is 1. The molecule has 6 rings (SSSR count). The van der Waals surface area contributed by atoms with Crippen LogP contribution in [0.4, 0.5) is 17.6 Å². The Balaban J connectivity index is 1.24. The number of benzene rings is 1. The van der Waals surface area contributed by atoms with Gasteiger partial charge >= 0.3 is 6.18 Å². The van der Waals surface area contributed by atoms with E-state index in [1.165, 1.54) is 12.1 Å². The molecule has 1 aliphatic heterocycles. The number of Topliss-reactive ketones (excluding diaryl/α,β-unsaturated/α-hetero) is 1. The first-order valence-electron chi connectivity index (χ1n) is 12.0. The maximum atomic E-state index is 16.2. The van der Waals surface area contributed by atoms with Crippen LogP contribution in [0.1, 0.15) is 52.8 Å². The van der Waals surface area contributed by atoms with Crippen LogP contribution in [0.25, 0.3) is 21.6 Å². The Morgan fingerprint density at radius 3 is 2.73 bits per heavy atom. The molecule has 0 bridgehead atoms. The van der Waals surface area contributed by atoms with E-state index in [1.807, 2.05) is 24.4 Å². The molecule has 6 nitrogen and oxygen atoms in total. The van der Waals surface area contributed by atoms with Crippen molar-refractivity contribution in [2.45, 2.75) is 43.6 Å². The quantitative estimate of drug-likeness (QED) is 0.221. The van der Waals surface area contributed by atoms with Gasteiger partial charge in [0.05, 0.1) is 19.3 Å². The Morgan fingerprint density at radius 2 is 1.97 bits per heavy atom. The van der Waals surface area contributed by atoms with E-state index in [2.05, 4.69) is 19.7 Å². The van der Waals surface area contributed by atoms with E-state index >= 15 is 4.39 Å². The highest BCUT2D eigenvalue weighted by molar-refractivity contribution is 7.14. The third kappa shape index (κ3) is 4.44. The third-order valence-electron chi connectivity index (χ3n) is 7.15. The van der Waals surface area contributed by atoms with E-state index in [4.69, 9.17) is 4.74 Å². The fraction of sp³-hybridized carbons (Fsp3) is 0.385. The molecule has 37 heavy (non-hydrogen) atoms. The molecule has 4 heterocycles. The molecule has 4 aromatic rings. The summed E-state index contributed by atoms with van der Waals surface area (Å²) in [7, 11) is 0. The van der Waals surface area contributed by atoms with E-state index in [9.17, 15) is 18.0 Å². The molecule has 192 valence electrons. The van der Waals surface area contributed by atoms with Gasteiger partial charge in [0.15, 0.2) is 21.5 Å². The van der Waals surface area contributed by atoms with Gasteiger partial charge in [-0.15, -0.1) is 10.2 Å². The molecule has 0 radical (unpaired) electrons. The van der Waals surface area contributed by atoms with Crippen molar-refractivity contribution in [3.05, 3.63) is 64.9 Å². The summed E-state index contributed by atoms with van der Waals surface area (Å²) in [5, 5.41) is 9.10. The van der Waals surface area contributed by atoms with Crippen LogP contribution in [0.3, 0.4) is 0 Å². The maximum absolute atomic E-state index is 16.2. The number of pyridine rings is 1. The zero-order chi connectivity index (χ0) is 25.8. The Labute approximate surface area is 213 Å². The molecule has 11 heteroatoms. The molecule has 0 N–H and O–H groups in total. The molecule has 1 saturated carbocycles. The van der Waals surface area contributed by atoms with Crippen LogP contribution in [0.15, 0.2) is 48.7 Å². The average Bonchev–Trinajstić information content (AvgIpc) is 3.51. The SMILES string of the molecule is O=C(c1ccc2ccn(C3COC3)c2c1)C1CCCC(F)(c2nnc(-c3cccc(C(F)(F)F)n3)s2)C1. The van der Waals surface area contributed by atoms with Crippen LogP contribution in [0.2, 0.25) is 0 Å². The summed E-state index contributed by atoms with van der Waals surface area (Å²) in [6.07, 6.45) is -1.44. The van der Waals surface area contributed by atoms with Gasteiger partial charge in [-0.1, -0.05) is 29.5 Å². The van der Waals surface area contributed by atoms with Crippen LogP contribution in [0, 0.1) is 5.92 Å². The molecule has 1 saturated heterocycles. The van der Waals surface area contributed by atoms with Gasteiger partial charge in [0, 0.05) is 23.2 Å². The first kappa shape index (κ1) is 24.2. The summed E-state index contributed by atoms with van der Waals surface area (Å²) in [6, 6.07) is 11.3. The Kier molecular flexibility index (Phi) is 5.87. The summed E-state index contributed by atoms with van der Waals surface area (Å²) in [5.74, 6) is -0.656. The highest BCUT2D eigenvalue weighted by Crippen LogP contribution is 2.46. The van der Waals surface area contributed by atoms with Gasteiger partial charge < -0.3 is 9.30 Å². The Bertz CT molecular complexity index is 1480. The summed E-state index contributed by atoms with van der Waals surface area (Å²) in [6.45, 7) is 1.27. The van der Waals surface area contributed by atoms with Gasteiger partial charge in [0.25, 0.3) is 0 Å².